The minimum Gasteiger partial charge on any atom is -0.512 e. The first-order valence-electron chi connectivity index (χ1n) is 0.894. The van der Waals surface area contributed by atoms with Crippen LogP contribution in [0.4, 0.5) is 0 Å². The first kappa shape index (κ1) is 48.8. The van der Waals surface area contributed by atoms with Gasteiger partial charge in [0.15, 0.2) is 0 Å². The fourth-order valence-corrected chi connectivity index (χ4v) is 0. The number of nitrogens with zero attached hydrogens (tertiary/aromatic N) is 4. The van der Waals surface area contributed by atoms with Gasteiger partial charge in [0.25, 0.3) is 0 Å². The van der Waals surface area contributed by atoms with Crippen LogP contribution in [0.25, 0.3) is 0 Å². The zero-order valence-corrected chi connectivity index (χ0v) is 6.52. The topological polar surface area (TPSA) is 95.2 Å². The van der Waals surface area contributed by atoms with Crippen molar-refractivity contribution in [3.05, 3.63) is 26.3 Å². The molecule has 0 amide bonds. The second-order valence-corrected chi connectivity index (χ2v) is 0. The van der Waals surface area contributed by atoms with Crippen LogP contribution >= 0.6 is 0 Å². The number of rotatable bonds is 0. The van der Waals surface area contributed by atoms with Crippen LogP contribution < -0.4 is 0 Å². The van der Waals surface area contributed by atoms with Crippen LogP contribution in [0, 0.1) is 47.3 Å². The summed E-state index contributed by atoms with van der Waals surface area (Å²) in [6.45, 7) is 19.0. The zero-order valence-electron chi connectivity index (χ0n) is 4.12. The summed E-state index contributed by atoms with van der Waals surface area (Å²) in [5.74, 6) is 0. The molecule has 0 spiro atoms. The molecule has 0 aliphatic heterocycles. The van der Waals surface area contributed by atoms with Crippen LogP contribution in [0.2, 0.25) is 0 Å². The van der Waals surface area contributed by atoms with Gasteiger partial charge in [-0.2, -0.15) is 0 Å². The fraction of sp³-hybridized carbons (Fsp3) is 0. The van der Waals surface area contributed by atoms with E-state index in [-0.39, 0.29) is 20.1 Å². The Hall–Kier alpha value is -1.39. The molecule has 0 heterocycles. The van der Waals surface area contributed by atoms with E-state index < -0.39 is 0 Å². The molecule has 0 aromatic heterocycles. The monoisotopic (exact) mass is 297 g/mol. The summed E-state index contributed by atoms with van der Waals surface area (Å²) in [6.07, 6.45) is 0. The summed E-state index contributed by atoms with van der Waals surface area (Å²) >= 11 is 0. The summed E-state index contributed by atoms with van der Waals surface area (Å²) < 4.78 is 0. The molecule has 4 nitrogen and oxygen atoms in total. The average molecular weight is 296 g/mol. The third-order valence-corrected chi connectivity index (χ3v) is 0. The first-order chi connectivity index (χ1) is 4.00. The third kappa shape index (κ3) is 72.6. The van der Waals surface area contributed by atoms with Crippen molar-refractivity contribution in [1.29, 1.82) is 21.0 Å². The van der Waals surface area contributed by atoms with Crippen LogP contribution in [-0.2, 0) is 20.1 Å². The average Bonchev–Trinajstić information content (AvgIpc) is 2.03. The van der Waals surface area contributed by atoms with Crippen LogP contribution in [0.1, 0.15) is 0 Å². The van der Waals surface area contributed by atoms with Crippen molar-refractivity contribution in [1.82, 2.24) is 0 Å². The molecule has 9 heavy (non-hydrogen) atoms. The molecule has 0 unspecified atom stereocenters. The molecule has 0 rings (SSSR count). The van der Waals surface area contributed by atoms with Crippen molar-refractivity contribution < 1.29 is 20.1 Å². The maximum absolute atomic E-state index is 6.25. The van der Waals surface area contributed by atoms with Crippen LogP contribution in [-0.4, -0.2) is 0 Å². The van der Waals surface area contributed by atoms with Gasteiger partial charge in [-0.15, -0.1) is 0 Å². The molecule has 49 valence electrons. The van der Waals surface area contributed by atoms with Gasteiger partial charge in [-0.05, 0) is 0 Å². The SMILES string of the molecule is [C-]#N.[C-]#N.[C-]#N.[C-]#N.[Ir]. The molecule has 0 fully saturated rings. The van der Waals surface area contributed by atoms with E-state index in [0.29, 0.717) is 0 Å². The second kappa shape index (κ2) is 108. The van der Waals surface area contributed by atoms with Crippen molar-refractivity contribution >= 4 is 0 Å². The van der Waals surface area contributed by atoms with E-state index in [9.17, 15) is 0 Å². The predicted octanol–water partition coefficient (Wildman–Crippen LogP) is 0.383. The van der Waals surface area contributed by atoms with Gasteiger partial charge in [-0.25, -0.2) is 0 Å². The molecular weight excluding hydrogens is 296 g/mol. The summed E-state index contributed by atoms with van der Waals surface area (Å²) in [5.41, 5.74) is 0. The van der Waals surface area contributed by atoms with Crippen molar-refractivity contribution in [2.24, 2.45) is 0 Å². The molecular formula is C4IrN4-4. The van der Waals surface area contributed by atoms with E-state index in [1.807, 2.05) is 0 Å². The summed E-state index contributed by atoms with van der Waals surface area (Å²) in [7, 11) is 0. The Morgan fingerprint density at radius 3 is 0.444 bits per heavy atom. The van der Waals surface area contributed by atoms with Crippen molar-refractivity contribution in [3.8, 4) is 0 Å². The number of hydrogen-bond acceptors (Lipinski definition) is 4. The minimum absolute atomic E-state index is 0. The van der Waals surface area contributed by atoms with E-state index in [1.54, 1.807) is 0 Å². The largest absolute Gasteiger partial charge is 0.512 e. The molecule has 0 aromatic carbocycles. The zero-order chi connectivity index (χ0) is 8.00. The van der Waals surface area contributed by atoms with Gasteiger partial charge in [0, 0.05) is 20.1 Å². The molecule has 0 atom stereocenters. The molecule has 0 bridgehead atoms. The summed E-state index contributed by atoms with van der Waals surface area (Å²) in [5, 5.41) is 25.0. The summed E-state index contributed by atoms with van der Waals surface area (Å²) in [4.78, 5) is 0. The Kier molecular flexibility index (Phi) is 583. The molecule has 0 aromatic rings. The Balaban J connectivity index is -0.00000000762. The maximum Gasteiger partial charge on any atom is 0 e. The third-order valence-electron chi connectivity index (χ3n) is 0. The van der Waals surface area contributed by atoms with Gasteiger partial charge >= 0.3 is 0 Å². The Morgan fingerprint density at radius 1 is 0.444 bits per heavy atom. The fourth-order valence-electron chi connectivity index (χ4n) is 0. The molecule has 5 heteroatoms. The molecule has 0 N–H and O–H groups in total. The van der Waals surface area contributed by atoms with Crippen molar-refractivity contribution in [2.75, 3.05) is 0 Å². The summed E-state index contributed by atoms with van der Waals surface area (Å²) in [6, 6.07) is 0. The molecule has 0 saturated heterocycles. The van der Waals surface area contributed by atoms with Gasteiger partial charge in [-0.1, -0.05) is 0 Å². The first-order valence-corrected chi connectivity index (χ1v) is 0.894. The Labute approximate surface area is 67.9 Å². The minimum atomic E-state index is 0. The second-order valence-electron chi connectivity index (χ2n) is 0. The van der Waals surface area contributed by atoms with Crippen LogP contribution in [0.15, 0.2) is 0 Å². The normalized spacial score (nSPS) is 0.889. The molecule has 0 aliphatic carbocycles. The van der Waals surface area contributed by atoms with E-state index in [1.165, 1.54) is 0 Å². The van der Waals surface area contributed by atoms with Gasteiger partial charge in [0.05, 0.1) is 0 Å². The molecule has 1 radical (unpaired) electrons. The van der Waals surface area contributed by atoms with Crippen molar-refractivity contribution in [2.45, 2.75) is 0 Å². The van der Waals surface area contributed by atoms with E-state index in [4.69, 9.17) is 47.3 Å². The predicted molar refractivity (Wildman–Crippen MR) is 19.9 cm³/mol. The standard InChI is InChI=1S/4CN.Ir/c4*1-2;/q4*-1;. The van der Waals surface area contributed by atoms with Gasteiger partial charge in [0.2, 0.25) is 0 Å². The Morgan fingerprint density at radius 2 is 0.444 bits per heavy atom. The van der Waals surface area contributed by atoms with Crippen LogP contribution in [0.3, 0.4) is 0 Å². The number of hydrogen-bond donors (Lipinski definition) is 0. The van der Waals surface area contributed by atoms with E-state index >= 15 is 0 Å². The van der Waals surface area contributed by atoms with E-state index in [0.717, 1.165) is 0 Å². The molecule has 0 aliphatic rings. The van der Waals surface area contributed by atoms with E-state index in [2.05, 4.69) is 0 Å². The smallest absolute Gasteiger partial charge is 0 e. The maximum atomic E-state index is 6.25. The van der Waals surface area contributed by atoms with Gasteiger partial charge in [0.1, 0.15) is 0 Å². The molecule has 0 saturated carbocycles. The quantitative estimate of drug-likeness (QED) is 0.604. The van der Waals surface area contributed by atoms with Gasteiger partial charge < -0.3 is 47.3 Å². The van der Waals surface area contributed by atoms with Crippen molar-refractivity contribution in [3.63, 3.8) is 0 Å². The van der Waals surface area contributed by atoms with Crippen LogP contribution in [0.5, 0.6) is 0 Å². The Bertz CT molecular complexity index is 55.5. The van der Waals surface area contributed by atoms with Gasteiger partial charge in [-0.3, -0.25) is 0 Å².